The number of carbonyl (C=O) groups excluding carboxylic acids is 2. The van der Waals surface area contributed by atoms with Gasteiger partial charge in [0.15, 0.2) is 0 Å². The first-order chi connectivity index (χ1) is 11.2. The maximum absolute atomic E-state index is 13.7. The van der Waals surface area contributed by atoms with E-state index in [1.165, 1.54) is 6.20 Å². The van der Waals surface area contributed by atoms with Crippen LogP contribution in [-0.2, 0) is 16.1 Å². The van der Waals surface area contributed by atoms with E-state index in [9.17, 15) is 14.0 Å². The second kappa shape index (κ2) is 7.34. The molecule has 6 nitrogen and oxygen atoms in total. The Balaban J connectivity index is 1.99. The van der Waals surface area contributed by atoms with Gasteiger partial charge in [-0.15, -0.1) is 0 Å². The van der Waals surface area contributed by atoms with Crippen molar-refractivity contribution in [2.24, 2.45) is 0 Å². The molecular weight excluding hydrogens is 337 g/mol. The van der Waals surface area contributed by atoms with Crippen LogP contribution in [0.25, 0.3) is 0 Å². The Bertz CT molecular complexity index is 621. The Hall–Kier alpha value is -1.89. The second-order valence-electron chi connectivity index (χ2n) is 6.69. The minimum atomic E-state index is -1.25. The van der Waals surface area contributed by atoms with E-state index in [4.69, 9.17) is 16.3 Å². The largest absolute Gasteiger partial charge is 0.444 e. The standard InChI is InChI=1S/C16H21ClFN3O3/c1-16(2,3)24-15(23)21-9-11(18)7-12(21)14(22)20-8-10-4-5-19-13(17)6-10/h4-6,11-12H,7-9H2,1-3H3,(H,20,22)/t11-,12+/m1/s1. The fourth-order valence-corrected chi connectivity index (χ4v) is 2.61. The van der Waals surface area contributed by atoms with Crippen LogP contribution in [0.3, 0.4) is 0 Å². The number of halogens is 2. The van der Waals surface area contributed by atoms with Gasteiger partial charge in [0.05, 0.1) is 6.54 Å². The molecular formula is C16H21ClFN3O3. The van der Waals surface area contributed by atoms with Crippen LogP contribution < -0.4 is 5.32 Å². The van der Waals surface area contributed by atoms with E-state index in [1.807, 2.05) is 0 Å². The summed E-state index contributed by atoms with van der Waals surface area (Å²) in [5.74, 6) is -0.422. The highest BCUT2D eigenvalue weighted by Gasteiger charge is 2.41. The topological polar surface area (TPSA) is 71.5 Å². The lowest BCUT2D eigenvalue weighted by Gasteiger charge is -2.27. The molecule has 0 radical (unpaired) electrons. The zero-order valence-electron chi connectivity index (χ0n) is 13.9. The highest BCUT2D eigenvalue weighted by molar-refractivity contribution is 6.29. The smallest absolute Gasteiger partial charge is 0.411 e. The Morgan fingerprint density at radius 3 is 2.83 bits per heavy atom. The number of carbonyl (C=O) groups is 2. The van der Waals surface area contributed by atoms with Crippen LogP contribution in [0.1, 0.15) is 32.8 Å². The van der Waals surface area contributed by atoms with Crippen LogP contribution in [0, 0.1) is 0 Å². The van der Waals surface area contributed by atoms with Gasteiger partial charge < -0.3 is 10.1 Å². The van der Waals surface area contributed by atoms with Crippen molar-refractivity contribution in [3.8, 4) is 0 Å². The monoisotopic (exact) mass is 357 g/mol. The SMILES string of the molecule is CC(C)(C)OC(=O)N1C[C@H](F)C[C@H]1C(=O)NCc1ccnc(Cl)c1. The maximum Gasteiger partial charge on any atom is 0.411 e. The van der Waals surface area contributed by atoms with Crippen LogP contribution >= 0.6 is 11.6 Å². The quantitative estimate of drug-likeness (QED) is 0.844. The number of rotatable bonds is 3. The Kier molecular flexibility index (Phi) is 5.64. The lowest BCUT2D eigenvalue weighted by Crippen LogP contribution is -2.47. The number of aromatic nitrogens is 1. The Morgan fingerprint density at radius 1 is 1.50 bits per heavy atom. The molecule has 2 heterocycles. The number of pyridine rings is 1. The summed E-state index contributed by atoms with van der Waals surface area (Å²) in [6.45, 7) is 5.23. The van der Waals surface area contributed by atoms with Crippen molar-refractivity contribution < 1.29 is 18.7 Å². The molecule has 1 aromatic heterocycles. The normalized spacial score (nSPS) is 20.8. The van der Waals surface area contributed by atoms with E-state index in [0.29, 0.717) is 5.15 Å². The molecule has 0 aliphatic carbocycles. The number of hydrogen-bond donors (Lipinski definition) is 1. The molecule has 0 unspecified atom stereocenters. The number of hydrogen-bond acceptors (Lipinski definition) is 4. The van der Waals surface area contributed by atoms with Crippen molar-refractivity contribution in [2.45, 2.75) is 51.6 Å². The van der Waals surface area contributed by atoms with Crippen LogP contribution in [0.2, 0.25) is 5.15 Å². The van der Waals surface area contributed by atoms with Crippen molar-refractivity contribution in [1.29, 1.82) is 0 Å². The first-order valence-electron chi connectivity index (χ1n) is 7.67. The molecule has 1 aliphatic heterocycles. The third-order valence-electron chi connectivity index (χ3n) is 3.44. The Labute approximate surface area is 145 Å². The minimum absolute atomic E-state index is 0.0395. The molecule has 2 atom stereocenters. The molecule has 1 aliphatic rings. The zero-order valence-corrected chi connectivity index (χ0v) is 14.6. The third kappa shape index (κ3) is 5.06. The molecule has 0 saturated carbocycles. The van der Waals surface area contributed by atoms with Gasteiger partial charge in [-0.25, -0.2) is 14.2 Å². The predicted molar refractivity (Wildman–Crippen MR) is 87.3 cm³/mol. The van der Waals surface area contributed by atoms with Gasteiger partial charge in [0, 0.05) is 19.2 Å². The fourth-order valence-electron chi connectivity index (χ4n) is 2.42. The number of likely N-dealkylation sites (tertiary alicyclic amines) is 1. The van der Waals surface area contributed by atoms with Crippen molar-refractivity contribution in [3.63, 3.8) is 0 Å². The number of alkyl halides is 1. The Morgan fingerprint density at radius 2 is 2.21 bits per heavy atom. The highest BCUT2D eigenvalue weighted by atomic mass is 35.5. The van der Waals surface area contributed by atoms with E-state index in [2.05, 4.69) is 10.3 Å². The van der Waals surface area contributed by atoms with Gasteiger partial charge in [-0.05, 0) is 38.5 Å². The molecule has 24 heavy (non-hydrogen) atoms. The highest BCUT2D eigenvalue weighted by Crippen LogP contribution is 2.23. The molecule has 2 amide bonds. The first kappa shape index (κ1) is 18.4. The molecule has 1 saturated heterocycles. The molecule has 132 valence electrons. The molecule has 1 fully saturated rings. The van der Waals surface area contributed by atoms with Crippen LogP contribution in [0.4, 0.5) is 9.18 Å². The molecule has 1 aromatic rings. The number of nitrogens with one attached hydrogen (secondary N) is 1. The van der Waals surface area contributed by atoms with Gasteiger partial charge in [-0.2, -0.15) is 0 Å². The van der Waals surface area contributed by atoms with Crippen molar-refractivity contribution >= 4 is 23.6 Å². The summed E-state index contributed by atoms with van der Waals surface area (Å²) < 4.78 is 19.0. The summed E-state index contributed by atoms with van der Waals surface area (Å²) >= 11 is 5.79. The lowest BCUT2D eigenvalue weighted by atomic mass is 10.2. The summed E-state index contributed by atoms with van der Waals surface area (Å²) in [7, 11) is 0. The zero-order chi connectivity index (χ0) is 17.9. The molecule has 1 N–H and O–H groups in total. The van der Waals surface area contributed by atoms with Gasteiger partial charge in [0.1, 0.15) is 23.0 Å². The minimum Gasteiger partial charge on any atom is -0.444 e. The summed E-state index contributed by atoms with van der Waals surface area (Å²) in [5.41, 5.74) is 0.0577. The molecule has 2 rings (SSSR count). The van der Waals surface area contributed by atoms with Crippen LogP contribution in [0.5, 0.6) is 0 Å². The summed E-state index contributed by atoms with van der Waals surface area (Å²) in [5, 5.41) is 3.02. The summed E-state index contributed by atoms with van der Waals surface area (Å²) in [4.78, 5) is 29.5. The molecule has 8 heteroatoms. The summed E-state index contributed by atoms with van der Waals surface area (Å²) in [6.07, 6.45) is -0.440. The first-order valence-corrected chi connectivity index (χ1v) is 8.05. The maximum atomic E-state index is 13.7. The summed E-state index contributed by atoms with van der Waals surface area (Å²) in [6, 6.07) is 2.46. The fraction of sp³-hybridized carbons (Fsp3) is 0.562. The van der Waals surface area contributed by atoms with E-state index in [1.54, 1.807) is 32.9 Å². The van der Waals surface area contributed by atoms with E-state index >= 15 is 0 Å². The second-order valence-corrected chi connectivity index (χ2v) is 7.07. The average Bonchev–Trinajstić information content (AvgIpc) is 2.85. The third-order valence-corrected chi connectivity index (χ3v) is 3.65. The van der Waals surface area contributed by atoms with Crippen molar-refractivity contribution in [2.75, 3.05) is 6.54 Å². The molecule has 0 spiro atoms. The molecule has 0 bridgehead atoms. The van der Waals surface area contributed by atoms with Gasteiger partial charge >= 0.3 is 6.09 Å². The van der Waals surface area contributed by atoms with E-state index in [0.717, 1.165) is 10.5 Å². The van der Waals surface area contributed by atoms with Crippen molar-refractivity contribution in [1.82, 2.24) is 15.2 Å². The number of amides is 2. The van der Waals surface area contributed by atoms with E-state index in [-0.39, 0.29) is 19.5 Å². The average molecular weight is 358 g/mol. The lowest BCUT2D eigenvalue weighted by molar-refractivity contribution is -0.125. The number of ether oxygens (including phenoxy) is 1. The van der Waals surface area contributed by atoms with Gasteiger partial charge in [-0.1, -0.05) is 11.6 Å². The van der Waals surface area contributed by atoms with Crippen molar-refractivity contribution in [3.05, 3.63) is 29.0 Å². The molecule has 0 aromatic carbocycles. The van der Waals surface area contributed by atoms with Gasteiger partial charge in [0.25, 0.3) is 0 Å². The van der Waals surface area contributed by atoms with Crippen LogP contribution in [-0.4, -0.2) is 46.2 Å². The van der Waals surface area contributed by atoms with Gasteiger partial charge in [-0.3, -0.25) is 9.69 Å². The van der Waals surface area contributed by atoms with Gasteiger partial charge in [0.2, 0.25) is 5.91 Å². The van der Waals surface area contributed by atoms with Crippen LogP contribution in [0.15, 0.2) is 18.3 Å². The van der Waals surface area contributed by atoms with E-state index < -0.39 is 29.8 Å². The number of nitrogens with zero attached hydrogens (tertiary/aromatic N) is 2. The predicted octanol–water partition coefficient (Wildman–Crippen LogP) is 2.70.